The van der Waals surface area contributed by atoms with Crippen LogP contribution in [0, 0.1) is 0 Å². The molecule has 1 N–H and O–H groups in total. The number of anilines is 1. The minimum absolute atomic E-state index is 0.104. The third-order valence-corrected chi connectivity index (χ3v) is 5.02. The zero-order valence-corrected chi connectivity index (χ0v) is 15.8. The number of rotatable bonds is 6. The molecule has 0 spiro atoms. The molecule has 0 aromatic heterocycles. The van der Waals surface area contributed by atoms with E-state index in [2.05, 4.69) is 16.3 Å². The molecule has 1 fully saturated rings. The van der Waals surface area contributed by atoms with E-state index < -0.39 is 0 Å². The van der Waals surface area contributed by atoms with Crippen LogP contribution < -0.4 is 15.0 Å². The lowest BCUT2D eigenvalue weighted by Gasteiger charge is -2.35. The van der Waals surface area contributed by atoms with Crippen molar-refractivity contribution in [2.24, 2.45) is 0 Å². The molecule has 1 saturated heterocycles. The van der Waals surface area contributed by atoms with Crippen molar-refractivity contribution < 1.29 is 9.53 Å². The fourth-order valence-corrected chi connectivity index (χ4v) is 3.54. The van der Waals surface area contributed by atoms with E-state index in [-0.39, 0.29) is 11.9 Å². The van der Waals surface area contributed by atoms with Crippen LogP contribution in [0.15, 0.2) is 48.5 Å². The molecule has 0 aliphatic carbocycles. The zero-order valence-electron chi connectivity index (χ0n) is 15.1. The molecule has 2 aromatic rings. The van der Waals surface area contributed by atoms with Gasteiger partial charge >= 0.3 is 0 Å². The number of hydrogen-bond donors (Lipinski definition) is 1. The Morgan fingerprint density at radius 2 is 2.00 bits per heavy atom. The third kappa shape index (κ3) is 4.92. The maximum Gasteiger partial charge on any atom is 0.220 e. The van der Waals surface area contributed by atoms with E-state index in [1.165, 1.54) is 0 Å². The van der Waals surface area contributed by atoms with Crippen molar-refractivity contribution in [3.8, 4) is 5.75 Å². The molecule has 1 amide bonds. The van der Waals surface area contributed by atoms with Gasteiger partial charge in [0.05, 0.1) is 12.8 Å². The first kappa shape index (κ1) is 18.6. The van der Waals surface area contributed by atoms with Crippen LogP contribution in [0.4, 0.5) is 5.69 Å². The molecule has 138 valence electrons. The standard InChI is InChI=1S/C21H25ClN2O2/c1-26-20-7-3-2-6-19(20)24-14-4-5-18(15-24)23-21(25)13-10-16-8-11-17(22)12-9-16/h2-3,6-9,11-12,18H,4-5,10,13-15H2,1H3,(H,23,25). The molecule has 0 bridgehead atoms. The molecule has 1 heterocycles. The number of carbonyl (C=O) groups is 1. The van der Waals surface area contributed by atoms with Crippen molar-refractivity contribution in [1.82, 2.24) is 5.32 Å². The summed E-state index contributed by atoms with van der Waals surface area (Å²) in [4.78, 5) is 14.6. The average molecular weight is 373 g/mol. The number of ether oxygens (including phenoxy) is 1. The first-order valence-electron chi connectivity index (χ1n) is 9.07. The van der Waals surface area contributed by atoms with Gasteiger partial charge in [0.15, 0.2) is 0 Å². The highest BCUT2D eigenvalue weighted by atomic mass is 35.5. The lowest BCUT2D eigenvalue weighted by atomic mass is 10.0. The maximum absolute atomic E-state index is 12.3. The Bertz CT molecular complexity index is 733. The van der Waals surface area contributed by atoms with Crippen LogP contribution in [-0.2, 0) is 11.2 Å². The van der Waals surface area contributed by atoms with E-state index in [1.54, 1.807) is 7.11 Å². The number of halogens is 1. The fraction of sp³-hybridized carbons (Fsp3) is 0.381. The van der Waals surface area contributed by atoms with Gasteiger partial charge in [0.25, 0.3) is 0 Å². The first-order chi connectivity index (χ1) is 12.7. The van der Waals surface area contributed by atoms with E-state index in [0.717, 1.165) is 54.4 Å². The van der Waals surface area contributed by atoms with Gasteiger partial charge in [0.1, 0.15) is 5.75 Å². The predicted molar refractivity (Wildman–Crippen MR) is 106 cm³/mol. The number of amides is 1. The van der Waals surface area contributed by atoms with Gasteiger partial charge < -0.3 is 15.0 Å². The van der Waals surface area contributed by atoms with Crippen molar-refractivity contribution >= 4 is 23.2 Å². The summed E-state index contributed by atoms with van der Waals surface area (Å²) in [7, 11) is 1.69. The Hall–Kier alpha value is -2.20. The Labute approximate surface area is 160 Å². The van der Waals surface area contributed by atoms with Gasteiger partial charge in [0, 0.05) is 30.6 Å². The monoisotopic (exact) mass is 372 g/mol. The van der Waals surface area contributed by atoms with Crippen LogP contribution in [0.1, 0.15) is 24.8 Å². The fourth-order valence-electron chi connectivity index (χ4n) is 3.41. The van der Waals surface area contributed by atoms with Crippen LogP contribution in [0.2, 0.25) is 5.02 Å². The molecular formula is C21H25ClN2O2. The summed E-state index contributed by atoms with van der Waals surface area (Å²) in [5.74, 6) is 0.981. The van der Waals surface area contributed by atoms with Crippen molar-refractivity contribution in [1.29, 1.82) is 0 Å². The highest BCUT2D eigenvalue weighted by molar-refractivity contribution is 6.30. The molecule has 0 saturated carbocycles. The second-order valence-corrected chi connectivity index (χ2v) is 7.09. The van der Waals surface area contributed by atoms with Gasteiger partial charge in [0.2, 0.25) is 5.91 Å². The van der Waals surface area contributed by atoms with E-state index >= 15 is 0 Å². The first-order valence-corrected chi connectivity index (χ1v) is 9.45. The van der Waals surface area contributed by atoms with E-state index in [1.807, 2.05) is 42.5 Å². The minimum atomic E-state index is 0.104. The van der Waals surface area contributed by atoms with Crippen molar-refractivity contribution in [2.75, 3.05) is 25.1 Å². The number of nitrogens with one attached hydrogen (secondary N) is 1. The molecule has 5 heteroatoms. The summed E-state index contributed by atoms with van der Waals surface area (Å²) in [5, 5.41) is 3.91. The SMILES string of the molecule is COc1ccccc1N1CCCC(NC(=O)CCc2ccc(Cl)cc2)C1. The van der Waals surface area contributed by atoms with E-state index in [0.29, 0.717) is 6.42 Å². The van der Waals surface area contributed by atoms with Crippen molar-refractivity contribution in [3.63, 3.8) is 0 Å². The maximum atomic E-state index is 12.3. The Kier molecular flexibility index (Phi) is 6.40. The molecule has 26 heavy (non-hydrogen) atoms. The number of benzene rings is 2. The average Bonchev–Trinajstić information content (AvgIpc) is 2.68. The van der Waals surface area contributed by atoms with Crippen LogP contribution in [0.5, 0.6) is 5.75 Å². The van der Waals surface area contributed by atoms with Crippen molar-refractivity contribution in [3.05, 3.63) is 59.1 Å². The highest BCUT2D eigenvalue weighted by Gasteiger charge is 2.23. The number of aryl methyl sites for hydroxylation is 1. The number of piperidine rings is 1. The van der Waals surface area contributed by atoms with Gasteiger partial charge in [-0.1, -0.05) is 35.9 Å². The topological polar surface area (TPSA) is 41.6 Å². The molecule has 0 radical (unpaired) electrons. The van der Waals surface area contributed by atoms with Gasteiger partial charge in [-0.2, -0.15) is 0 Å². The van der Waals surface area contributed by atoms with Gasteiger partial charge in [-0.15, -0.1) is 0 Å². The number of carbonyl (C=O) groups excluding carboxylic acids is 1. The normalized spacial score (nSPS) is 17.0. The Morgan fingerprint density at radius 3 is 2.77 bits per heavy atom. The molecule has 1 aliphatic rings. The summed E-state index contributed by atoms with van der Waals surface area (Å²) in [6, 6.07) is 15.9. The predicted octanol–water partition coefficient (Wildman–Crippen LogP) is 4.07. The van der Waals surface area contributed by atoms with Crippen LogP contribution >= 0.6 is 11.6 Å². The smallest absolute Gasteiger partial charge is 0.220 e. The summed E-state index contributed by atoms with van der Waals surface area (Å²) >= 11 is 5.90. The number of methoxy groups -OCH3 is 1. The highest BCUT2D eigenvalue weighted by Crippen LogP contribution is 2.29. The van der Waals surface area contributed by atoms with Crippen LogP contribution in [-0.4, -0.2) is 32.1 Å². The van der Waals surface area contributed by atoms with Crippen LogP contribution in [0.3, 0.4) is 0 Å². The Morgan fingerprint density at radius 1 is 1.23 bits per heavy atom. The molecule has 1 unspecified atom stereocenters. The number of para-hydroxylation sites is 2. The van der Waals surface area contributed by atoms with E-state index in [9.17, 15) is 4.79 Å². The Balaban J connectivity index is 1.53. The molecule has 2 aromatic carbocycles. The second kappa shape index (κ2) is 8.95. The van der Waals surface area contributed by atoms with Gasteiger partial charge in [-0.05, 0) is 49.1 Å². The largest absolute Gasteiger partial charge is 0.495 e. The molecule has 4 nitrogen and oxygen atoms in total. The van der Waals surface area contributed by atoms with E-state index in [4.69, 9.17) is 16.3 Å². The van der Waals surface area contributed by atoms with Gasteiger partial charge in [-0.25, -0.2) is 0 Å². The summed E-state index contributed by atoms with van der Waals surface area (Å²) < 4.78 is 5.47. The summed E-state index contributed by atoms with van der Waals surface area (Å²) in [5.41, 5.74) is 2.22. The van der Waals surface area contributed by atoms with Crippen molar-refractivity contribution in [2.45, 2.75) is 31.7 Å². The third-order valence-electron chi connectivity index (χ3n) is 4.77. The quantitative estimate of drug-likeness (QED) is 0.831. The van der Waals surface area contributed by atoms with Gasteiger partial charge in [-0.3, -0.25) is 4.79 Å². The zero-order chi connectivity index (χ0) is 18.4. The summed E-state index contributed by atoms with van der Waals surface area (Å²) in [6.07, 6.45) is 3.29. The minimum Gasteiger partial charge on any atom is -0.495 e. The lowest BCUT2D eigenvalue weighted by Crippen LogP contribution is -2.48. The number of nitrogens with zero attached hydrogens (tertiary/aromatic N) is 1. The summed E-state index contributed by atoms with van der Waals surface area (Å²) in [6.45, 7) is 1.80. The molecular weight excluding hydrogens is 348 g/mol. The number of hydrogen-bond acceptors (Lipinski definition) is 3. The second-order valence-electron chi connectivity index (χ2n) is 6.65. The molecule has 3 rings (SSSR count). The lowest BCUT2D eigenvalue weighted by molar-refractivity contribution is -0.121. The molecule has 1 atom stereocenters. The molecule has 1 aliphatic heterocycles. The van der Waals surface area contributed by atoms with Crippen LogP contribution in [0.25, 0.3) is 0 Å².